The minimum absolute atomic E-state index is 0.00839. The number of aromatic nitrogens is 3. The molecule has 2 aromatic rings. The second kappa shape index (κ2) is 8.10. The number of carbonyl (C=O) groups is 2. The summed E-state index contributed by atoms with van der Waals surface area (Å²) in [7, 11) is 0. The molecule has 29 heavy (non-hydrogen) atoms. The maximum Gasteiger partial charge on any atom is 0.273 e. The normalized spacial score (nSPS) is 19.6. The van der Waals surface area contributed by atoms with E-state index in [0.29, 0.717) is 28.1 Å². The van der Waals surface area contributed by atoms with E-state index in [-0.39, 0.29) is 35.9 Å². The molecule has 2 amide bonds. The van der Waals surface area contributed by atoms with E-state index in [9.17, 15) is 14.4 Å². The van der Waals surface area contributed by atoms with Crippen molar-refractivity contribution in [3.63, 3.8) is 0 Å². The Morgan fingerprint density at radius 1 is 1.31 bits per heavy atom. The number of carbonyl (C=O) groups excluding carboxylic acids is 2. The van der Waals surface area contributed by atoms with Crippen molar-refractivity contribution in [2.24, 2.45) is 5.92 Å². The van der Waals surface area contributed by atoms with E-state index < -0.39 is 0 Å². The molecule has 4 rings (SSSR count). The predicted octanol–water partition coefficient (Wildman–Crippen LogP) is 0.873. The summed E-state index contributed by atoms with van der Waals surface area (Å²) in [5.74, 6) is -0.163. The molecule has 2 N–H and O–H groups in total. The average Bonchev–Trinajstić information content (AvgIpc) is 3.38. The standard InChI is InChI=1S/C19H26N6O3S/c1-11(2)21-14(26)9-25-10-20-16-15(18(25)28)29-19(23-16)24-7-3-4-12(8-24)17(27)22-13-5-6-13/h10-13H,3-9H2,1-2H3,(H,21,26)(H,22,27)/t12-/m0/s1. The zero-order valence-electron chi connectivity index (χ0n) is 16.7. The first-order valence-electron chi connectivity index (χ1n) is 10.1. The number of thiazole rings is 1. The summed E-state index contributed by atoms with van der Waals surface area (Å²) < 4.78 is 1.74. The lowest BCUT2D eigenvalue weighted by molar-refractivity contribution is -0.125. The topological polar surface area (TPSA) is 109 Å². The summed E-state index contributed by atoms with van der Waals surface area (Å²) in [5.41, 5.74) is 0.123. The third-order valence-electron chi connectivity index (χ3n) is 5.12. The molecular weight excluding hydrogens is 392 g/mol. The van der Waals surface area contributed by atoms with E-state index in [1.54, 1.807) is 0 Å². The lowest BCUT2D eigenvalue weighted by Gasteiger charge is -2.31. The van der Waals surface area contributed by atoms with Gasteiger partial charge >= 0.3 is 0 Å². The summed E-state index contributed by atoms with van der Waals surface area (Å²) in [6.45, 7) is 5.07. The minimum atomic E-state index is -0.266. The van der Waals surface area contributed by atoms with Crippen molar-refractivity contribution in [2.75, 3.05) is 18.0 Å². The highest BCUT2D eigenvalue weighted by Gasteiger charge is 2.31. The Hall–Kier alpha value is -2.49. The van der Waals surface area contributed by atoms with Crippen LogP contribution in [0.4, 0.5) is 5.13 Å². The van der Waals surface area contributed by atoms with Gasteiger partial charge in [-0.3, -0.25) is 19.0 Å². The molecule has 0 radical (unpaired) electrons. The maximum absolute atomic E-state index is 12.8. The van der Waals surface area contributed by atoms with Gasteiger partial charge in [0.1, 0.15) is 17.6 Å². The van der Waals surface area contributed by atoms with Crippen LogP contribution < -0.4 is 21.1 Å². The summed E-state index contributed by atoms with van der Waals surface area (Å²) >= 11 is 1.28. The summed E-state index contributed by atoms with van der Waals surface area (Å²) in [5, 5.41) is 6.56. The Balaban J connectivity index is 1.50. The molecule has 2 fully saturated rings. The zero-order valence-corrected chi connectivity index (χ0v) is 17.5. The smallest absolute Gasteiger partial charge is 0.273 e. The molecule has 1 saturated heterocycles. The third-order valence-corrected chi connectivity index (χ3v) is 6.22. The maximum atomic E-state index is 12.8. The van der Waals surface area contributed by atoms with Crippen LogP contribution in [0.1, 0.15) is 39.5 Å². The summed E-state index contributed by atoms with van der Waals surface area (Å²) in [4.78, 5) is 48.0. The van der Waals surface area contributed by atoms with E-state index in [2.05, 4.69) is 25.5 Å². The molecule has 9 nitrogen and oxygen atoms in total. The van der Waals surface area contributed by atoms with Gasteiger partial charge in [-0.15, -0.1) is 0 Å². The molecular formula is C19H26N6O3S. The van der Waals surface area contributed by atoms with Gasteiger partial charge in [0, 0.05) is 25.2 Å². The zero-order chi connectivity index (χ0) is 20.5. The van der Waals surface area contributed by atoms with Gasteiger partial charge in [0.25, 0.3) is 5.56 Å². The highest BCUT2D eigenvalue weighted by molar-refractivity contribution is 7.22. The Kier molecular flexibility index (Phi) is 5.53. The first kappa shape index (κ1) is 19.8. The number of hydrogen-bond acceptors (Lipinski definition) is 7. The van der Waals surface area contributed by atoms with Gasteiger partial charge in [-0.1, -0.05) is 11.3 Å². The highest BCUT2D eigenvalue weighted by atomic mass is 32.1. The van der Waals surface area contributed by atoms with Crippen molar-refractivity contribution in [3.8, 4) is 0 Å². The lowest BCUT2D eigenvalue weighted by Crippen LogP contribution is -2.43. The molecule has 1 aliphatic heterocycles. The Morgan fingerprint density at radius 2 is 2.10 bits per heavy atom. The van der Waals surface area contributed by atoms with Crippen molar-refractivity contribution in [1.82, 2.24) is 25.2 Å². The van der Waals surface area contributed by atoms with Crippen LogP contribution in [0.15, 0.2) is 11.1 Å². The third kappa shape index (κ3) is 4.58. The van der Waals surface area contributed by atoms with Crippen molar-refractivity contribution >= 4 is 38.6 Å². The molecule has 1 saturated carbocycles. The minimum Gasteiger partial charge on any atom is -0.353 e. The van der Waals surface area contributed by atoms with Gasteiger partial charge in [0.2, 0.25) is 11.8 Å². The Bertz CT molecular complexity index is 980. The van der Waals surface area contributed by atoms with E-state index in [1.807, 2.05) is 13.8 Å². The molecule has 0 aromatic carbocycles. The fourth-order valence-electron chi connectivity index (χ4n) is 3.52. The number of hydrogen-bond donors (Lipinski definition) is 2. The van der Waals surface area contributed by atoms with E-state index in [4.69, 9.17) is 0 Å². The van der Waals surface area contributed by atoms with Crippen LogP contribution in [-0.4, -0.2) is 51.5 Å². The molecule has 156 valence electrons. The summed E-state index contributed by atoms with van der Waals surface area (Å²) in [6, 6.07) is 0.366. The Labute approximate surface area is 172 Å². The second-order valence-corrected chi connectivity index (χ2v) is 9.09. The van der Waals surface area contributed by atoms with Crippen LogP contribution in [-0.2, 0) is 16.1 Å². The van der Waals surface area contributed by atoms with Gasteiger partial charge in [-0.2, -0.15) is 4.98 Å². The number of nitrogens with one attached hydrogen (secondary N) is 2. The van der Waals surface area contributed by atoms with Crippen LogP contribution in [0.5, 0.6) is 0 Å². The molecule has 1 atom stereocenters. The highest BCUT2D eigenvalue weighted by Crippen LogP contribution is 2.30. The van der Waals surface area contributed by atoms with Crippen LogP contribution in [0.25, 0.3) is 10.3 Å². The number of piperidine rings is 1. The molecule has 2 aromatic heterocycles. The Morgan fingerprint density at radius 3 is 2.83 bits per heavy atom. The number of fused-ring (bicyclic) bond motifs is 1. The molecule has 2 aliphatic rings. The number of nitrogens with zero attached hydrogens (tertiary/aromatic N) is 4. The van der Waals surface area contributed by atoms with Gasteiger partial charge in [0.05, 0.1) is 5.92 Å². The number of anilines is 1. The fraction of sp³-hybridized carbons (Fsp3) is 0.632. The number of amides is 2. The lowest BCUT2D eigenvalue weighted by atomic mass is 9.97. The molecule has 0 spiro atoms. The fourth-order valence-corrected chi connectivity index (χ4v) is 4.52. The van der Waals surface area contributed by atoms with Gasteiger partial charge in [0.15, 0.2) is 10.8 Å². The summed E-state index contributed by atoms with van der Waals surface area (Å²) in [6.07, 6.45) is 5.30. The molecule has 0 unspecified atom stereocenters. The van der Waals surface area contributed by atoms with E-state index >= 15 is 0 Å². The average molecular weight is 419 g/mol. The van der Waals surface area contributed by atoms with Crippen molar-refractivity contribution in [3.05, 3.63) is 16.7 Å². The van der Waals surface area contributed by atoms with Crippen molar-refractivity contribution < 1.29 is 9.59 Å². The van der Waals surface area contributed by atoms with Gasteiger partial charge in [-0.05, 0) is 39.5 Å². The monoisotopic (exact) mass is 418 g/mol. The SMILES string of the molecule is CC(C)NC(=O)Cn1cnc2nc(N3CCC[C@H](C(=O)NC4CC4)C3)sc2c1=O. The predicted molar refractivity (Wildman–Crippen MR) is 111 cm³/mol. The van der Waals surface area contributed by atoms with Crippen LogP contribution in [0.3, 0.4) is 0 Å². The number of rotatable bonds is 6. The molecule has 1 aliphatic carbocycles. The van der Waals surface area contributed by atoms with Crippen LogP contribution in [0, 0.1) is 5.92 Å². The molecule has 0 bridgehead atoms. The largest absolute Gasteiger partial charge is 0.353 e. The second-order valence-electron chi connectivity index (χ2n) is 8.12. The van der Waals surface area contributed by atoms with Crippen molar-refractivity contribution in [2.45, 2.75) is 58.2 Å². The van der Waals surface area contributed by atoms with Gasteiger partial charge in [-0.25, -0.2) is 4.98 Å². The first-order chi connectivity index (χ1) is 13.9. The van der Waals surface area contributed by atoms with Crippen LogP contribution in [0.2, 0.25) is 0 Å². The quantitative estimate of drug-likeness (QED) is 0.721. The van der Waals surface area contributed by atoms with Crippen molar-refractivity contribution in [1.29, 1.82) is 0 Å². The first-order valence-corrected chi connectivity index (χ1v) is 10.9. The molecule has 3 heterocycles. The van der Waals surface area contributed by atoms with Crippen LogP contribution >= 0.6 is 11.3 Å². The van der Waals surface area contributed by atoms with E-state index in [1.165, 1.54) is 22.2 Å². The van der Waals surface area contributed by atoms with Gasteiger partial charge < -0.3 is 15.5 Å². The van der Waals surface area contributed by atoms with E-state index in [0.717, 1.165) is 32.2 Å². The molecule has 10 heteroatoms.